The van der Waals surface area contributed by atoms with Crippen LogP contribution in [-0.4, -0.2) is 67.6 Å². The van der Waals surface area contributed by atoms with Gasteiger partial charge < -0.3 is 11.1 Å². The van der Waals surface area contributed by atoms with E-state index in [9.17, 15) is 4.79 Å². The lowest BCUT2D eigenvalue weighted by molar-refractivity contribution is -0.126. The number of hydrogen-bond acceptors (Lipinski definition) is 4. The molecule has 0 aromatic rings. The Bertz CT molecular complexity index is 251. The number of piperazine rings is 1. The number of hydrogen-bond donors (Lipinski definition) is 2. The van der Waals surface area contributed by atoms with E-state index in [1.165, 1.54) is 0 Å². The van der Waals surface area contributed by atoms with Crippen LogP contribution < -0.4 is 11.1 Å². The van der Waals surface area contributed by atoms with Crippen molar-refractivity contribution in [3.63, 3.8) is 0 Å². The van der Waals surface area contributed by atoms with Gasteiger partial charge in [0.05, 0.1) is 6.04 Å². The summed E-state index contributed by atoms with van der Waals surface area (Å²) in [5, 5.41) is 2.72. The highest BCUT2D eigenvalue weighted by molar-refractivity contribution is 5.80. The quantitative estimate of drug-likeness (QED) is 0.695. The van der Waals surface area contributed by atoms with E-state index in [1.54, 1.807) is 7.05 Å². The molecule has 18 heavy (non-hydrogen) atoms. The third-order valence-corrected chi connectivity index (χ3v) is 4.01. The first-order chi connectivity index (χ1) is 8.63. The minimum absolute atomic E-state index is 0.0215. The van der Waals surface area contributed by atoms with Gasteiger partial charge in [0.25, 0.3) is 0 Å². The van der Waals surface area contributed by atoms with Gasteiger partial charge in [0.15, 0.2) is 0 Å². The number of carbonyl (C=O) groups excluding carboxylic acids is 1. The molecule has 0 aromatic heterocycles. The van der Waals surface area contributed by atoms with Gasteiger partial charge in [-0.15, -0.1) is 0 Å². The lowest BCUT2D eigenvalue weighted by atomic mass is 10.1. The molecular weight excluding hydrogens is 228 g/mol. The van der Waals surface area contributed by atoms with Crippen LogP contribution in [0.15, 0.2) is 0 Å². The van der Waals surface area contributed by atoms with Crippen LogP contribution in [0.5, 0.6) is 0 Å². The van der Waals surface area contributed by atoms with Gasteiger partial charge in [-0.05, 0) is 26.3 Å². The van der Waals surface area contributed by atoms with Crippen molar-refractivity contribution in [1.29, 1.82) is 0 Å². The summed E-state index contributed by atoms with van der Waals surface area (Å²) >= 11 is 0. The summed E-state index contributed by atoms with van der Waals surface area (Å²) < 4.78 is 0. The Hall–Kier alpha value is -0.650. The van der Waals surface area contributed by atoms with Crippen molar-refractivity contribution >= 4 is 5.91 Å². The average molecular weight is 256 g/mol. The maximum atomic E-state index is 11.6. The first-order valence-electron chi connectivity index (χ1n) is 7.03. The molecular formula is C13H28N4O. The van der Waals surface area contributed by atoms with Crippen LogP contribution in [0.2, 0.25) is 0 Å². The fourth-order valence-electron chi connectivity index (χ4n) is 2.70. The van der Waals surface area contributed by atoms with Gasteiger partial charge in [-0.3, -0.25) is 14.6 Å². The third-order valence-electron chi connectivity index (χ3n) is 4.01. The van der Waals surface area contributed by atoms with Gasteiger partial charge in [-0.1, -0.05) is 6.92 Å². The summed E-state index contributed by atoms with van der Waals surface area (Å²) in [5.74, 6) is 0.109. The number of amides is 1. The maximum absolute atomic E-state index is 11.6. The second kappa shape index (κ2) is 7.71. The van der Waals surface area contributed by atoms with Crippen LogP contribution in [0.3, 0.4) is 0 Å². The van der Waals surface area contributed by atoms with Crippen LogP contribution in [0, 0.1) is 0 Å². The molecule has 106 valence electrons. The number of likely N-dealkylation sites (N-methyl/N-ethyl adjacent to an activating group) is 1. The minimum atomic E-state index is -0.0215. The monoisotopic (exact) mass is 256 g/mol. The summed E-state index contributed by atoms with van der Waals surface area (Å²) in [6.45, 7) is 8.98. The molecule has 0 spiro atoms. The Morgan fingerprint density at radius 1 is 1.28 bits per heavy atom. The zero-order valence-corrected chi connectivity index (χ0v) is 12.0. The van der Waals surface area contributed by atoms with Crippen LogP contribution >= 0.6 is 0 Å². The zero-order valence-electron chi connectivity index (χ0n) is 12.0. The van der Waals surface area contributed by atoms with Gasteiger partial charge in [-0.2, -0.15) is 0 Å². The molecule has 0 bridgehead atoms. The Morgan fingerprint density at radius 2 is 1.83 bits per heavy atom. The second-order valence-electron chi connectivity index (χ2n) is 5.00. The molecule has 0 saturated carbocycles. The SMILES string of the molecule is CCC(CCN)N1CCN(C(C)C(=O)NC)CC1. The molecule has 1 aliphatic rings. The number of nitrogens with two attached hydrogens (primary N) is 1. The van der Waals surface area contributed by atoms with E-state index in [0.717, 1.165) is 45.6 Å². The summed E-state index contributed by atoms with van der Waals surface area (Å²) in [6, 6.07) is 0.583. The highest BCUT2D eigenvalue weighted by Crippen LogP contribution is 2.13. The Labute approximate surface area is 111 Å². The summed E-state index contributed by atoms with van der Waals surface area (Å²) in [7, 11) is 1.70. The Morgan fingerprint density at radius 3 is 2.28 bits per heavy atom. The van der Waals surface area contributed by atoms with Crippen molar-refractivity contribution in [1.82, 2.24) is 15.1 Å². The molecule has 1 aliphatic heterocycles. The van der Waals surface area contributed by atoms with Crippen molar-refractivity contribution in [2.45, 2.75) is 38.8 Å². The molecule has 1 amide bonds. The number of nitrogens with zero attached hydrogens (tertiary/aromatic N) is 2. The molecule has 2 atom stereocenters. The number of rotatable bonds is 6. The number of nitrogens with one attached hydrogen (secondary N) is 1. The average Bonchev–Trinajstić information content (AvgIpc) is 2.43. The summed E-state index contributed by atoms with van der Waals surface area (Å²) in [6.07, 6.45) is 2.23. The smallest absolute Gasteiger partial charge is 0.236 e. The Balaban J connectivity index is 2.42. The first-order valence-corrected chi connectivity index (χ1v) is 7.03. The van der Waals surface area contributed by atoms with Gasteiger partial charge in [0, 0.05) is 39.3 Å². The fraction of sp³-hybridized carbons (Fsp3) is 0.923. The lowest BCUT2D eigenvalue weighted by Crippen LogP contribution is -2.55. The molecule has 1 saturated heterocycles. The first kappa shape index (κ1) is 15.4. The normalized spacial score (nSPS) is 21.6. The molecule has 5 nitrogen and oxygen atoms in total. The van der Waals surface area contributed by atoms with Gasteiger partial charge in [0.2, 0.25) is 5.91 Å². The summed E-state index contributed by atoms with van der Waals surface area (Å²) in [5.41, 5.74) is 5.65. The molecule has 3 N–H and O–H groups in total. The molecule has 0 aromatic carbocycles. The highest BCUT2D eigenvalue weighted by atomic mass is 16.2. The van der Waals surface area contributed by atoms with E-state index >= 15 is 0 Å². The maximum Gasteiger partial charge on any atom is 0.236 e. The van der Waals surface area contributed by atoms with E-state index in [1.807, 2.05) is 6.92 Å². The van der Waals surface area contributed by atoms with Gasteiger partial charge in [-0.25, -0.2) is 0 Å². The van der Waals surface area contributed by atoms with Crippen molar-refractivity contribution in [2.75, 3.05) is 39.8 Å². The molecule has 2 unspecified atom stereocenters. The van der Waals surface area contributed by atoms with Gasteiger partial charge in [0.1, 0.15) is 0 Å². The lowest BCUT2D eigenvalue weighted by Gasteiger charge is -2.40. The van der Waals surface area contributed by atoms with Crippen LogP contribution in [0.4, 0.5) is 0 Å². The summed E-state index contributed by atoms with van der Waals surface area (Å²) in [4.78, 5) is 16.4. The van der Waals surface area contributed by atoms with Crippen molar-refractivity contribution in [3.8, 4) is 0 Å². The molecule has 1 rings (SSSR count). The van der Waals surface area contributed by atoms with E-state index in [2.05, 4.69) is 22.0 Å². The van der Waals surface area contributed by atoms with Crippen molar-refractivity contribution in [2.24, 2.45) is 5.73 Å². The van der Waals surface area contributed by atoms with Crippen molar-refractivity contribution < 1.29 is 4.79 Å². The van der Waals surface area contributed by atoms with Crippen LogP contribution in [0.1, 0.15) is 26.7 Å². The molecule has 5 heteroatoms. The second-order valence-corrected chi connectivity index (χ2v) is 5.00. The van der Waals surface area contributed by atoms with Crippen LogP contribution in [0.25, 0.3) is 0 Å². The molecule has 1 heterocycles. The predicted molar refractivity (Wildman–Crippen MR) is 74.4 cm³/mol. The third kappa shape index (κ3) is 3.93. The largest absolute Gasteiger partial charge is 0.358 e. The van der Waals surface area contributed by atoms with Crippen LogP contribution in [-0.2, 0) is 4.79 Å². The highest BCUT2D eigenvalue weighted by Gasteiger charge is 2.27. The molecule has 0 aliphatic carbocycles. The fourth-order valence-corrected chi connectivity index (χ4v) is 2.70. The predicted octanol–water partition coefficient (Wildman–Crippen LogP) is -0.134. The minimum Gasteiger partial charge on any atom is -0.358 e. The zero-order chi connectivity index (χ0) is 13.5. The molecule has 1 fully saturated rings. The van der Waals surface area contributed by atoms with E-state index < -0.39 is 0 Å². The van der Waals surface area contributed by atoms with Crippen molar-refractivity contribution in [3.05, 3.63) is 0 Å². The number of carbonyl (C=O) groups is 1. The molecule has 0 radical (unpaired) electrons. The standard InChI is InChI=1S/C13H28N4O/c1-4-12(5-6-14)17-9-7-16(8-10-17)11(2)13(18)15-3/h11-12H,4-10,14H2,1-3H3,(H,15,18). The topological polar surface area (TPSA) is 61.6 Å². The Kier molecular flexibility index (Phi) is 6.60. The van der Waals surface area contributed by atoms with E-state index in [0.29, 0.717) is 6.04 Å². The van der Waals surface area contributed by atoms with E-state index in [4.69, 9.17) is 5.73 Å². The van der Waals surface area contributed by atoms with Gasteiger partial charge >= 0.3 is 0 Å². The van der Waals surface area contributed by atoms with E-state index in [-0.39, 0.29) is 11.9 Å².